The van der Waals surface area contributed by atoms with Gasteiger partial charge in [0, 0.05) is 6.07 Å². The molecule has 1 amide bonds. The normalized spacial score (nSPS) is 12.1. The summed E-state index contributed by atoms with van der Waals surface area (Å²) in [5.74, 6) is -9.23. The van der Waals surface area contributed by atoms with Crippen molar-refractivity contribution in [1.82, 2.24) is 14.7 Å². The third-order valence-corrected chi connectivity index (χ3v) is 4.55. The van der Waals surface area contributed by atoms with Gasteiger partial charge in [0.25, 0.3) is 11.3 Å². The number of carbonyl (C=O) groups is 2. The summed E-state index contributed by atoms with van der Waals surface area (Å²) in [6.07, 6.45) is -0.0964. The van der Waals surface area contributed by atoms with Crippen LogP contribution in [0.1, 0.15) is 42.6 Å². The molecule has 3 aromatic rings. The van der Waals surface area contributed by atoms with E-state index in [-0.39, 0.29) is 36.0 Å². The van der Waals surface area contributed by atoms with Crippen LogP contribution in [0.5, 0.6) is 0 Å². The zero-order valence-electron chi connectivity index (χ0n) is 17.0. The number of hydrogen-bond acceptors (Lipinski definition) is 7. The van der Waals surface area contributed by atoms with E-state index in [1.165, 1.54) is 20.8 Å². The summed E-state index contributed by atoms with van der Waals surface area (Å²) in [5, 5.41) is 4.90. The number of ether oxygens (including phenoxy) is 1. The molecule has 0 spiro atoms. The molecule has 32 heavy (non-hydrogen) atoms. The fourth-order valence-electron chi connectivity index (χ4n) is 3.10. The molecule has 0 fully saturated rings. The number of halogens is 4. The number of anilines is 1. The van der Waals surface area contributed by atoms with Gasteiger partial charge in [-0.2, -0.15) is 4.98 Å². The molecule has 0 aliphatic rings. The Labute approximate surface area is 177 Å². The average Bonchev–Trinajstić information content (AvgIpc) is 3.16. The Morgan fingerprint density at radius 3 is 2.38 bits per heavy atom. The van der Waals surface area contributed by atoms with Gasteiger partial charge in [0.2, 0.25) is 11.6 Å². The van der Waals surface area contributed by atoms with Gasteiger partial charge < -0.3 is 14.6 Å². The van der Waals surface area contributed by atoms with E-state index in [1.807, 2.05) is 0 Å². The lowest BCUT2D eigenvalue weighted by Crippen LogP contribution is -2.36. The standard InChI is InChI=1S/C19H16F4N4O5/c1-4-10(16(28)25-15-12(22)8(20)6-9(21)13(15)23)27-7(3)24-17-11(18(27)29)14(26-32-17)19(30)31-5-2/h6,10H,4-5H2,1-3H3,(H,25,28). The zero-order valence-corrected chi connectivity index (χ0v) is 17.0. The number of nitrogens with zero attached hydrogens (tertiary/aromatic N) is 3. The summed E-state index contributed by atoms with van der Waals surface area (Å²) in [6, 6.07) is -1.43. The minimum atomic E-state index is -1.81. The molecule has 0 aliphatic heterocycles. The van der Waals surface area contributed by atoms with Crippen LogP contribution in [0.2, 0.25) is 0 Å². The van der Waals surface area contributed by atoms with E-state index in [1.54, 1.807) is 5.32 Å². The molecular weight excluding hydrogens is 440 g/mol. The lowest BCUT2D eigenvalue weighted by atomic mass is 10.1. The number of aromatic nitrogens is 3. The molecule has 0 bridgehead atoms. The van der Waals surface area contributed by atoms with Gasteiger partial charge in [-0.25, -0.2) is 22.4 Å². The van der Waals surface area contributed by atoms with Gasteiger partial charge in [-0.15, -0.1) is 0 Å². The molecule has 0 saturated heterocycles. The Hall–Kier alpha value is -3.77. The molecule has 1 atom stereocenters. The first-order valence-corrected chi connectivity index (χ1v) is 9.31. The minimum Gasteiger partial charge on any atom is -0.461 e. The van der Waals surface area contributed by atoms with Gasteiger partial charge in [0.1, 0.15) is 22.9 Å². The largest absolute Gasteiger partial charge is 0.461 e. The molecule has 1 N–H and O–H groups in total. The fraction of sp³-hybridized carbons (Fsp3) is 0.316. The molecule has 170 valence electrons. The van der Waals surface area contributed by atoms with Crippen molar-refractivity contribution in [3.05, 3.63) is 51.2 Å². The number of carbonyl (C=O) groups excluding carboxylic acids is 2. The molecular formula is C19H16F4N4O5. The number of aryl methyl sites for hydroxylation is 1. The second kappa shape index (κ2) is 8.77. The van der Waals surface area contributed by atoms with Crippen molar-refractivity contribution in [2.75, 3.05) is 11.9 Å². The lowest BCUT2D eigenvalue weighted by Gasteiger charge is -2.20. The third-order valence-electron chi connectivity index (χ3n) is 4.55. The van der Waals surface area contributed by atoms with E-state index < -0.39 is 58.1 Å². The lowest BCUT2D eigenvalue weighted by molar-refractivity contribution is -0.119. The van der Waals surface area contributed by atoms with Crippen LogP contribution in [-0.2, 0) is 9.53 Å². The Balaban J connectivity index is 2.10. The Kier molecular flexibility index (Phi) is 6.27. The van der Waals surface area contributed by atoms with Crippen LogP contribution in [0.25, 0.3) is 11.1 Å². The number of fused-ring (bicyclic) bond motifs is 1. The minimum absolute atomic E-state index is 0.00701. The number of rotatable bonds is 6. The highest BCUT2D eigenvalue weighted by atomic mass is 19.2. The van der Waals surface area contributed by atoms with Gasteiger partial charge in [-0.1, -0.05) is 12.1 Å². The first-order chi connectivity index (χ1) is 15.1. The smallest absolute Gasteiger partial charge is 0.361 e. The number of benzene rings is 1. The summed E-state index contributed by atoms with van der Waals surface area (Å²) < 4.78 is 65.4. The van der Waals surface area contributed by atoms with Crippen LogP contribution < -0.4 is 10.9 Å². The predicted molar refractivity (Wildman–Crippen MR) is 101 cm³/mol. The van der Waals surface area contributed by atoms with Crippen LogP contribution in [0.4, 0.5) is 23.2 Å². The van der Waals surface area contributed by atoms with Crippen LogP contribution in [0.3, 0.4) is 0 Å². The maximum Gasteiger partial charge on any atom is 0.361 e. The maximum atomic E-state index is 14.0. The van der Waals surface area contributed by atoms with Crippen LogP contribution >= 0.6 is 0 Å². The summed E-state index contributed by atoms with van der Waals surface area (Å²) >= 11 is 0. The van der Waals surface area contributed by atoms with Crippen molar-refractivity contribution in [2.45, 2.75) is 33.2 Å². The summed E-state index contributed by atoms with van der Waals surface area (Å²) in [7, 11) is 0. The van der Waals surface area contributed by atoms with E-state index in [4.69, 9.17) is 9.26 Å². The summed E-state index contributed by atoms with van der Waals surface area (Å²) in [6.45, 7) is 4.33. The fourth-order valence-corrected chi connectivity index (χ4v) is 3.10. The van der Waals surface area contributed by atoms with Gasteiger partial charge >= 0.3 is 5.97 Å². The highest BCUT2D eigenvalue weighted by Gasteiger charge is 2.30. The summed E-state index contributed by atoms with van der Waals surface area (Å²) in [5.41, 5.74) is -3.01. The second-order valence-electron chi connectivity index (χ2n) is 6.52. The van der Waals surface area contributed by atoms with Crippen LogP contribution in [0.15, 0.2) is 15.4 Å². The molecule has 13 heteroatoms. The maximum absolute atomic E-state index is 14.0. The Morgan fingerprint density at radius 1 is 1.19 bits per heavy atom. The molecule has 0 saturated carbocycles. The first kappa shape index (κ1) is 22.9. The summed E-state index contributed by atoms with van der Waals surface area (Å²) in [4.78, 5) is 41.9. The van der Waals surface area contributed by atoms with E-state index >= 15 is 0 Å². The Bertz CT molecular complexity index is 1260. The monoisotopic (exact) mass is 456 g/mol. The first-order valence-electron chi connectivity index (χ1n) is 9.31. The molecule has 0 radical (unpaired) electrons. The number of amides is 1. The molecule has 0 aliphatic carbocycles. The SMILES string of the molecule is CCOC(=O)c1noc2nc(C)n(C(CC)C(=O)Nc3c(F)c(F)cc(F)c3F)c(=O)c12. The quantitative estimate of drug-likeness (QED) is 0.344. The number of hydrogen-bond donors (Lipinski definition) is 1. The topological polar surface area (TPSA) is 116 Å². The Morgan fingerprint density at radius 2 is 1.81 bits per heavy atom. The van der Waals surface area contributed by atoms with Crippen molar-refractivity contribution in [3.63, 3.8) is 0 Å². The van der Waals surface area contributed by atoms with Crippen LogP contribution in [-0.4, -0.2) is 33.2 Å². The third kappa shape index (κ3) is 3.81. The van der Waals surface area contributed by atoms with Crippen molar-refractivity contribution in [1.29, 1.82) is 0 Å². The highest BCUT2D eigenvalue weighted by Crippen LogP contribution is 2.26. The molecule has 2 aromatic heterocycles. The molecule has 1 aromatic carbocycles. The van der Waals surface area contributed by atoms with Crippen LogP contribution in [0, 0.1) is 30.2 Å². The van der Waals surface area contributed by atoms with E-state index in [0.29, 0.717) is 0 Å². The highest BCUT2D eigenvalue weighted by molar-refractivity contribution is 6.00. The number of nitrogens with one attached hydrogen (secondary N) is 1. The zero-order chi connectivity index (χ0) is 23.7. The number of esters is 1. The molecule has 3 rings (SSSR count). The van der Waals surface area contributed by atoms with Crippen molar-refractivity contribution < 1.29 is 36.4 Å². The molecule has 1 unspecified atom stereocenters. The van der Waals surface area contributed by atoms with Gasteiger partial charge in [-0.05, 0) is 20.3 Å². The van der Waals surface area contributed by atoms with Crippen molar-refractivity contribution >= 4 is 28.7 Å². The van der Waals surface area contributed by atoms with Gasteiger partial charge in [0.05, 0.1) is 6.61 Å². The molecule has 9 nitrogen and oxygen atoms in total. The van der Waals surface area contributed by atoms with Gasteiger partial charge in [0.15, 0.2) is 23.3 Å². The van der Waals surface area contributed by atoms with E-state index in [2.05, 4.69) is 10.1 Å². The van der Waals surface area contributed by atoms with Gasteiger partial charge in [-0.3, -0.25) is 14.2 Å². The average molecular weight is 456 g/mol. The predicted octanol–water partition coefficient (Wildman–Crippen LogP) is 3.02. The van der Waals surface area contributed by atoms with E-state index in [9.17, 15) is 31.9 Å². The van der Waals surface area contributed by atoms with Crippen molar-refractivity contribution in [2.24, 2.45) is 0 Å². The second-order valence-corrected chi connectivity index (χ2v) is 6.52. The van der Waals surface area contributed by atoms with E-state index in [0.717, 1.165) is 4.57 Å². The molecule has 2 heterocycles. The van der Waals surface area contributed by atoms with Crippen molar-refractivity contribution in [3.8, 4) is 0 Å².